The highest BCUT2D eigenvalue weighted by molar-refractivity contribution is 5.26. The molecule has 0 spiro atoms. The lowest BCUT2D eigenvalue weighted by atomic mass is 10.1. The van der Waals surface area contributed by atoms with E-state index in [4.69, 9.17) is 4.74 Å². The molecule has 0 radical (unpaired) electrons. The summed E-state index contributed by atoms with van der Waals surface area (Å²) in [5.41, 5.74) is 2.55. The lowest BCUT2D eigenvalue weighted by Gasteiger charge is -2.19. The number of para-hydroxylation sites is 1. The second-order valence-electron chi connectivity index (χ2n) is 4.65. The molecule has 1 unspecified atom stereocenters. The van der Waals surface area contributed by atoms with Gasteiger partial charge in [0.05, 0.1) is 6.04 Å². The first kappa shape index (κ1) is 13.6. The molecule has 0 aliphatic rings. The molecule has 2 rings (SSSR count). The Morgan fingerprint density at radius 1 is 1.05 bits per heavy atom. The average molecular weight is 255 g/mol. The molecule has 0 saturated heterocycles. The highest BCUT2D eigenvalue weighted by Gasteiger charge is 2.11. The summed E-state index contributed by atoms with van der Waals surface area (Å²) < 4.78 is 5.85. The summed E-state index contributed by atoms with van der Waals surface area (Å²) >= 11 is 0. The Balaban J connectivity index is 2.04. The summed E-state index contributed by atoms with van der Waals surface area (Å²) in [6.45, 7) is 5.80. The van der Waals surface area contributed by atoms with Gasteiger partial charge in [-0.05, 0) is 31.2 Å². The maximum atomic E-state index is 5.85. The molecule has 0 amide bonds. The minimum atomic E-state index is 0.227. The molecule has 2 nitrogen and oxygen atoms in total. The van der Waals surface area contributed by atoms with Crippen molar-refractivity contribution in [3.8, 4) is 5.75 Å². The molecule has 0 aliphatic heterocycles. The molecule has 0 bridgehead atoms. The van der Waals surface area contributed by atoms with Crippen molar-refractivity contribution < 1.29 is 4.74 Å². The Kier molecular flexibility index (Phi) is 4.99. The van der Waals surface area contributed by atoms with Crippen LogP contribution in [0, 0.1) is 6.92 Å². The summed E-state index contributed by atoms with van der Waals surface area (Å²) in [6, 6.07) is 18.7. The van der Waals surface area contributed by atoms with Gasteiger partial charge in [0.2, 0.25) is 0 Å². The second-order valence-corrected chi connectivity index (χ2v) is 4.65. The Bertz CT molecular complexity index is 496. The third kappa shape index (κ3) is 4.11. The van der Waals surface area contributed by atoms with Crippen LogP contribution in [0.3, 0.4) is 0 Å². The summed E-state index contributed by atoms with van der Waals surface area (Å²) in [7, 11) is 0. The first-order valence-electron chi connectivity index (χ1n) is 6.77. The first-order valence-corrected chi connectivity index (χ1v) is 6.77. The summed E-state index contributed by atoms with van der Waals surface area (Å²) in [5.74, 6) is 0.915. The third-order valence-corrected chi connectivity index (χ3v) is 3.05. The van der Waals surface area contributed by atoms with E-state index in [-0.39, 0.29) is 6.04 Å². The zero-order valence-corrected chi connectivity index (χ0v) is 11.6. The molecule has 100 valence electrons. The fourth-order valence-electron chi connectivity index (χ4n) is 2.10. The van der Waals surface area contributed by atoms with Crippen LogP contribution in [0.5, 0.6) is 5.75 Å². The van der Waals surface area contributed by atoms with Gasteiger partial charge in [-0.1, -0.05) is 55.0 Å². The van der Waals surface area contributed by atoms with E-state index in [1.165, 1.54) is 11.1 Å². The van der Waals surface area contributed by atoms with E-state index in [0.29, 0.717) is 6.61 Å². The van der Waals surface area contributed by atoms with Gasteiger partial charge in [0.25, 0.3) is 0 Å². The molecule has 1 atom stereocenters. The Labute approximate surface area is 115 Å². The number of hydrogen-bond acceptors (Lipinski definition) is 2. The van der Waals surface area contributed by atoms with Crippen molar-refractivity contribution in [3.05, 3.63) is 65.7 Å². The molecule has 2 heteroatoms. The molecule has 2 aromatic carbocycles. The van der Waals surface area contributed by atoms with Gasteiger partial charge in [-0.2, -0.15) is 0 Å². The van der Waals surface area contributed by atoms with Gasteiger partial charge in [0.1, 0.15) is 12.4 Å². The number of aryl methyl sites for hydroxylation is 1. The van der Waals surface area contributed by atoms with E-state index in [2.05, 4.69) is 43.4 Å². The Hall–Kier alpha value is -1.80. The number of hydrogen-bond donors (Lipinski definition) is 1. The maximum absolute atomic E-state index is 5.85. The smallest absolute Gasteiger partial charge is 0.119 e. The minimum Gasteiger partial charge on any atom is -0.492 e. The van der Waals surface area contributed by atoms with Crippen molar-refractivity contribution in [2.24, 2.45) is 0 Å². The van der Waals surface area contributed by atoms with E-state index in [1.807, 2.05) is 30.3 Å². The van der Waals surface area contributed by atoms with Gasteiger partial charge in [0.15, 0.2) is 0 Å². The van der Waals surface area contributed by atoms with Crippen LogP contribution in [-0.4, -0.2) is 13.2 Å². The zero-order valence-electron chi connectivity index (χ0n) is 11.6. The van der Waals surface area contributed by atoms with Crippen LogP contribution in [0.15, 0.2) is 54.6 Å². The number of likely N-dealkylation sites (N-methyl/N-ethyl adjacent to an activating group) is 1. The molecule has 19 heavy (non-hydrogen) atoms. The van der Waals surface area contributed by atoms with Crippen LogP contribution in [0.1, 0.15) is 24.1 Å². The molecule has 0 saturated carbocycles. The molecule has 0 fully saturated rings. The Morgan fingerprint density at radius 2 is 1.84 bits per heavy atom. The van der Waals surface area contributed by atoms with Gasteiger partial charge >= 0.3 is 0 Å². The van der Waals surface area contributed by atoms with Crippen molar-refractivity contribution >= 4 is 0 Å². The molecule has 0 aliphatic carbocycles. The van der Waals surface area contributed by atoms with E-state index in [9.17, 15) is 0 Å². The third-order valence-electron chi connectivity index (χ3n) is 3.05. The van der Waals surface area contributed by atoms with Gasteiger partial charge in [-0.15, -0.1) is 0 Å². The predicted octanol–water partition coefficient (Wildman–Crippen LogP) is 3.72. The van der Waals surface area contributed by atoms with Crippen molar-refractivity contribution in [2.45, 2.75) is 19.9 Å². The standard InChI is InChI=1S/C17H21NO/c1-3-18-17(15-9-7-8-14(2)12-15)13-19-16-10-5-4-6-11-16/h4-12,17-18H,3,13H2,1-2H3. The topological polar surface area (TPSA) is 21.3 Å². The van der Waals surface area contributed by atoms with Crippen molar-refractivity contribution in [1.29, 1.82) is 0 Å². The van der Waals surface area contributed by atoms with Crippen molar-refractivity contribution in [3.63, 3.8) is 0 Å². The fourth-order valence-corrected chi connectivity index (χ4v) is 2.10. The minimum absolute atomic E-state index is 0.227. The lowest BCUT2D eigenvalue weighted by Crippen LogP contribution is -2.26. The van der Waals surface area contributed by atoms with Crippen LogP contribution in [0.2, 0.25) is 0 Å². The lowest BCUT2D eigenvalue weighted by molar-refractivity contribution is 0.268. The maximum Gasteiger partial charge on any atom is 0.119 e. The van der Waals surface area contributed by atoms with Gasteiger partial charge in [-0.25, -0.2) is 0 Å². The summed E-state index contributed by atoms with van der Waals surface area (Å²) in [4.78, 5) is 0. The summed E-state index contributed by atoms with van der Waals surface area (Å²) in [5, 5.41) is 3.47. The van der Waals surface area contributed by atoms with Gasteiger partial charge in [-0.3, -0.25) is 0 Å². The van der Waals surface area contributed by atoms with Gasteiger partial charge in [0, 0.05) is 0 Å². The van der Waals surface area contributed by atoms with Crippen LogP contribution in [0.4, 0.5) is 0 Å². The molecule has 0 aromatic heterocycles. The number of nitrogens with one attached hydrogen (secondary N) is 1. The van der Waals surface area contributed by atoms with Crippen LogP contribution in [0.25, 0.3) is 0 Å². The highest BCUT2D eigenvalue weighted by atomic mass is 16.5. The first-order chi connectivity index (χ1) is 9.29. The van der Waals surface area contributed by atoms with E-state index >= 15 is 0 Å². The van der Waals surface area contributed by atoms with Crippen molar-refractivity contribution in [1.82, 2.24) is 5.32 Å². The Morgan fingerprint density at radius 3 is 2.53 bits per heavy atom. The number of benzene rings is 2. The normalized spacial score (nSPS) is 12.1. The second kappa shape index (κ2) is 6.95. The average Bonchev–Trinajstić information content (AvgIpc) is 2.44. The number of ether oxygens (including phenoxy) is 1. The number of rotatable bonds is 6. The van der Waals surface area contributed by atoms with E-state index in [1.54, 1.807) is 0 Å². The van der Waals surface area contributed by atoms with Crippen molar-refractivity contribution in [2.75, 3.05) is 13.2 Å². The van der Waals surface area contributed by atoms with Crippen LogP contribution in [-0.2, 0) is 0 Å². The van der Waals surface area contributed by atoms with Crippen LogP contribution < -0.4 is 10.1 Å². The molecule has 1 N–H and O–H groups in total. The fraction of sp³-hybridized carbons (Fsp3) is 0.294. The summed E-state index contributed by atoms with van der Waals surface area (Å²) in [6.07, 6.45) is 0. The predicted molar refractivity (Wildman–Crippen MR) is 79.5 cm³/mol. The van der Waals surface area contributed by atoms with Gasteiger partial charge < -0.3 is 10.1 Å². The SMILES string of the molecule is CCNC(COc1ccccc1)c1cccc(C)c1. The molecule has 0 heterocycles. The quantitative estimate of drug-likeness (QED) is 0.849. The highest BCUT2D eigenvalue weighted by Crippen LogP contribution is 2.17. The van der Waals surface area contributed by atoms with E-state index < -0.39 is 0 Å². The molecular formula is C17H21NO. The monoisotopic (exact) mass is 255 g/mol. The molecular weight excluding hydrogens is 234 g/mol. The van der Waals surface area contributed by atoms with E-state index in [0.717, 1.165) is 12.3 Å². The zero-order chi connectivity index (χ0) is 13.5. The largest absolute Gasteiger partial charge is 0.492 e. The molecule has 2 aromatic rings. The van der Waals surface area contributed by atoms with Crippen LogP contribution >= 0.6 is 0 Å².